The molecule has 2 heterocycles. The van der Waals surface area contributed by atoms with E-state index >= 15 is 0 Å². The van der Waals surface area contributed by atoms with Crippen LogP contribution in [0.25, 0.3) is 11.3 Å². The topological polar surface area (TPSA) is 85.5 Å². The van der Waals surface area contributed by atoms with Gasteiger partial charge in [0, 0.05) is 23.9 Å². The van der Waals surface area contributed by atoms with Gasteiger partial charge < -0.3 is 15.4 Å². The summed E-state index contributed by atoms with van der Waals surface area (Å²) in [6, 6.07) is 16.4. The molecule has 2 N–H and O–H groups in total. The molecule has 164 valence electrons. The highest BCUT2D eigenvalue weighted by molar-refractivity contribution is 5.93. The number of rotatable bonds is 6. The SMILES string of the molecule is NC(=O)c1ccc(-c2ccc(C3CCCCN3C(=O)COc3ccc(F)cc3)cn2)cc1. The normalized spacial score (nSPS) is 15.9. The van der Waals surface area contributed by atoms with Gasteiger partial charge in [0.25, 0.3) is 5.91 Å². The van der Waals surface area contributed by atoms with E-state index in [-0.39, 0.29) is 24.4 Å². The van der Waals surface area contributed by atoms with Gasteiger partial charge in [-0.2, -0.15) is 0 Å². The summed E-state index contributed by atoms with van der Waals surface area (Å²) >= 11 is 0. The van der Waals surface area contributed by atoms with Crippen molar-refractivity contribution < 1.29 is 18.7 Å². The van der Waals surface area contributed by atoms with Gasteiger partial charge in [-0.05, 0) is 67.3 Å². The highest BCUT2D eigenvalue weighted by atomic mass is 19.1. The second-order valence-electron chi connectivity index (χ2n) is 7.76. The van der Waals surface area contributed by atoms with Gasteiger partial charge in [0.15, 0.2) is 6.61 Å². The smallest absolute Gasteiger partial charge is 0.261 e. The third-order valence-corrected chi connectivity index (χ3v) is 5.64. The van der Waals surface area contributed by atoms with Crippen molar-refractivity contribution in [1.82, 2.24) is 9.88 Å². The van der Waals surface area contributed by atoms with Crippen molar-refractivity contribution in [2.45, 2.75) is 25.3 Å². The van der Waals surface area contributed by atoms with E-state index in [0.29, 0.717) is 17.9 Å². The van der Waals surface area contributed by atoms with Gasteiger partial charge in [0.1, 0.15) is 11.6 Å². The number of nitrogens with two attached hydrogens (primary N) is 1. The number of likely N-dealkylation sites (tertiary alicyclic amines) is 1. The Labute approximate surface area is 185 Å². The lowest BCUT2D eigenvalue weighted by Gasteiger charge is -2.36. The van der Waals surface area contributed by atoms with Crippen LogP contribution in [0.5, 0.6) is 5.75 Å². The number of carbonyl (C=O) groups is 2. The van der Waals surface area contributed by atoms with Gasteiger partial charge in [0.05, 0.1) is 11.7 Å². The van der Waals surface area contributed by atoms with Crippen molar-refractivity contribution >= 4 is 11.8 Å². The number of benzene rings is 2. The van der Waals surface area contributed by atoms with Crippen LogP contribution in [0, 0.1) is 5.82 Å². The van der Waals surface area contributed by atoms with Crippen LogP contribution in [0.1, 0.15) is 41.2 Å². The maximum atomic E-state index is 13.0. The maximum Gasteiger partial charge on any atom is 0.261 e. The van der Waals surface area contributed by atoms with Gasteiger partial charge >= 0.3 is 0 Å². The first-order valence-electron chi connectivity index (χ1n) is 10.6. The number of ether oxygens (including phenoxy) is 1. The zero-order chi connectivity index (χ0) is 22.5. The Balaban J connectivity index is 1.45. The number of hydrogen-bond acceptors (Lipinski definition) is 4. The Morgan fingerprint density at radius 2 is 1.78 bits per heavy atom. The van der Waals surface area contributed by atoms with E-state index in [1.165, 1.54) is 24.3 Å². The number of nitrogens with zero attached hydrogens (tertiary/aromatic N) is 2. The highest BCUT2D eigenvalue weighted by Crippen LogP contribution is 2.31. The Bertz CT molecular complexity index is 1080. The number of aromatic nitrogens is 1. The molecule has 1 atom stereocenters. The Hall–Kier alpha value is -3.74. The average Bonchev–Trinajstić information content (AvgIpc) is 2.83. The Morgan fingerprint density at radius 3 is 2.44 bits per heavy atom. The first-order chi connectivity index (χ1) is 15.5. The van der Waals surface area contributed by atoms with Crippen LogP contribution in [-0.4, -0.2) is 34.8 Å². The minimum absolute atomic E-state index is 0.0631. The standard InChI is InChI=1S/C25H24FN3O3/c26-20-9-11-21(12-10-20)32-16-24(30)29-14-2-1-3-23(29)19-8-13-22(28-15-19)17-4-6-18(7-5-17)25(27)31/h4-13,15,23H,1-3,14,16H2,(H2,27,31). The monoisotopic (exact) mass is 433 g/mol. The number of amides is 2. The third-order valence-electron chi connectivity index (χ3n) is 5.64. The molecule has 0 saturated carbocycles. The van der Waals surface area contributed by atoms with Crippen molar-refractivity contribution in [2.24, 2.45) is 5.73 Å². The summed E-state index contributed by atoms with van der Waals surface area (Å²) in [5.41, 5.74) is 8.37. The van der Waals surface area contributed by atoms with Crippen LogP contribution in [0.2, 0.25) is 0 Å². The molecule has 2 aromatic carbocycles. The van der Waals surface area contributed by atoms with Gasteiger partial charge in [-0.15, -0.1) is 0 Å². The van der Waals surface area contributed by atoms with Crippen molar-refractivity contribution in [3.63, 3.8) is 0 Å². The molecule has 2 amide bonds. The van der Waals surface area contributed by atoms with Crippen LogP contribution in [0.3, 0.4) is 0 Å². The molecule has 7 heteroatoms. The lowest BCUT2D eigenvalue weighted by atomic mass is 9.95. The zero-order valence-electron chi connectivity index (χ0n) is 17.5. The molecule has 1 aromatic heterocycles. The van der Waals surface area contributed by atoms with Crippen LogP contribution in [0.4, 0.5) is 4.39 Å². The van der Waals surface area contributed by atoms with Gasteiger partial charge in [-0.3, -0.25) is 14.6 Å². The summed E-state index contributed by atoms with van der Waals surface area (Å²) in [6.07, 6.45) is 4.63. The summed E-state index contributed by atoms with van der Waals surface area (Å²) < 4.78 is 18.6. The molecule has 6 nitrogen and oxygen atoms in total. The first kappa shape index (κ1) is 21.5. The van der Waals surface area contributed by atoms with E-state index in [9.17, 15) is 14.0 Å². The molecule has 0 spiro atoms. The van der Waals surface area contributed by atoms with E-state index in [1.54, 1.807) is 18.3 Å². The van der Waals surface area contributed by atoms with Crippen LogP contribution in [-0.2, 0) is 4.79 Å². The highest BCUT2D eigenvalue weighted by Gasteiger charge is 2.28. The van der Waals surface area contributed by atoms with E-state index in [2.05, 4.69) is 4.98 Å². The fraction of sp³-hybridized carbons (Fsp3) is 0.240. The fourth-order valence-electron chi connectivity index (χ4n) is 3.91. The summed E-state index contributed by atoms with van der Waals surface area (Å²) in [5.74, 6) is -0.461. The fourth-order valence-corrected chi connectivity index (χ4v) is 3.91. The lowest BCUT2D eigenvalue weighted by molar-refractivity contribution is -0.137. The number of primary amides is 1. The molecule has 1 saturated heterocycles. The first-order valence-corrected chi connectivity index (χ1v) is 10.6. The molecule has 1 aliphatic heterocycles. The van der Waals surface area contributed by atoms with E-state index in [4.69, 9.17) is 10.5 Å². The number of piperidine rings is 1. The predicted molar refractivity (Wildman–Crippen MR) is 118 cm³/mol. The molecule has 4 rings (SSSR count). The molecular formula is C25H24FN3O3. The summed E-state index contributed by atoms with van der Waals surface area (Å²) in [5, 5.41) is 0. The summed E-state index contributed by atoms with van der Waals surface area (Å²) in [4.78, 5) is 30.5. The minimum atomic E-state index is -0.467. The molecule has 1 aliphatic rings. The summed E-state index contributed by atoms with van der Waals surface area (Å²) in [6.45, 7) is 0.562. The predicted octanol–water partition coefficient (Wildman–Crippen LogP) is 4.12. The Morgan fingerprint density at radius 1 is 1.03 bits per heavy atom. The molecular weight excluding hydrogens is 409 g/mol. The zero-order valence-corrected chi connectivity index (χ0v) is 17.5. The number of carbonyl (C=O) groups excluding carboxylic acids is 2. The van der Waals surface area contributed by atoms with Crippen molar-refractivity contribution in [3.8, 4) is 17.0 Å². The van der Waals surface area contributed by atoms with E-state index in [1.807, 2.05) is 29.2 Å². The van der Waals surface area contributed by atoms with Crippen LogP contribution >= 0.6 is 0 Å². The van der Waals surface area contributed by atoms with Crippen molar-refractivity contribution in [3.05, 3.63) is 83.8 Å². The maximum absolute atomic E-state index is 13.0. The molecule has 0 radical (unpaired) electrons. The van der Waals surface area contributed by atoms with Crippen LogP contribution in [0.15, 0.2) is 66.9 Å². The Kier molecular flexibility index (Phi) is 6.44. The van der Waals surface area contributed by atoms with Crippen LogP contribution < -0.4 is 10.5 Å². The van der Waals surface area contributed by atoms with Crippen molar-refractivity contribution in [2.75, 3.05) is 13.2 Å². The molecule has 0 aliphatic carbocycles. The number of hydrogen-bond donors (Lipinski definition) is 1. The number of pyridine rings is 1. The quantitative estimate of drug-likeness (QED) is 0.634. The molecule has 32 heavy (non-hydrogen) atoms. The van der Waals surface area contributed by atoms with Gasteiger partial charge in [-0.25, -0.2) is 4.39 Å². The lowest BCUT2D eigenvalue weighted by Crippen LogP contribution is -2.41. The van der Waals surface area contributed by atoms with Gasteiger partial charge in [0.2, 0.25) is 5.91 Å². The minimum Gasteiger partial charge on any atom is -0.484 e. The summed E-state index contributed by atoms with van der Waals surface area (Å²) in [7, 11) is 0. The molecule has 0 bridgehead atoms. The van der Waals surface area contributed by atoms with Gasteiger partial charge in [-0.1, -0.05) is 18.2 Å². The van der Waals surface area contributed by atoms with Crippen molar-refractivity contribution in [1.29, 1.82) is 0 Å². The molecule has 3 aromatic rings. The largest absolute Gasteiger partial charge is 0.484 e. The van der Waals surface area contributed by atoms with E-state index in [0.717, 1.165) is 36.1 Å². The second kappa shape index (κ2) is 9.60. The number of halogens is 1. The average molecular weight is 433 g/mol. The van der Waals surface area contributed by atoms with E-state index < -0.39 is 5.91 Å². The third kappa shape index (κ3) is 4.94. The molecule has 1 fully saturated rings. The second-order valence-corrected chi connectivity index (χ2v) is 7.76. The molecule has 1 unspecified atom stereocenters.